The lowest BCUT2D eigenvalue weighted by Crippen LogP contribution is -2.19. The van der Waals surface area contributed by atoms with Gasteiger partial charge in [-0.25, -0.2) is 14.3 Å². The van der Waals surface area contributed by atoms with Crippen LogP contribution >= 0.6 is 0 Å². The lowest BCUT2D eigenvalue weighted by molar-refractivity contribution is -0.143. The molecule has 0 aliphatic heterocycles. The largest absolute Gasteiger partial charge is 0.478 e. The Morgan fingerprint density at radius 2 is 1.91 bits per heavy atom. The molecule has 1 aromatic carbocycles. The SMILES string of the molecule is CCOC(=O)c1cnn(-c2ccccc2C(=O)O)c1C(F)(F)F. The highest BCUT2D eigenvalue weighted by Crippen LogP contribution is 2.34. The van der Waals surface area contributed by atoms with Crippen molar-refractivity contribution in [3.63, 3.8) is 0 Å². The molecule has 1 heterocycles. The molecule has 2 aromatic rings. The molecule has 0 aliphatic rings. The molecule has 1 aromatic heterocycles. The molecule has 0 aliphatic carbocycles. The molecule has 0 spiro atoms. The molecule has 0 radical (unpaired) electrons. The predicted molar refractivity (Wildman–Crippen MR) is 71.5 cm³/mol. The number of hydrogen-bond acceptors (Lipinski definition) is 4. The summed E-state index contributed by atoms with van der Waals surface area (Å²) in [6.07, 6.45) is -4.22. The van der Waals surface area contributed by atoms with Gasteiger partial charge < -0.3 is 9.84 Å². The highest BCUT2D eigenvalue weighted by molar-refractivity contribution is 5.93. The molecule has 0 saturated heterocycles. The van der Waals surface area contributed by atoms with E-state index in [-0.39, 0.29) is 17.9 Å². The van der Waals surface area contributed by atoms with Gasteiger partial charge in [0.05, 0.1) is 24.1 Å². The van der Waals surface area contributed by atoms with Gasteiger partial charge in [0.25, 0.3) is 0 Å². The number of rotatable bonds is 4. The minimum atomic E-state index is -4.93. The maximum atomic E-state index is 13.3. The summed E-state index contributed by atoms with van der Waals surface area (Å²) in [6.45, 7) is 1.35. The number of alkyl halides is 3. The van der Waals surface area contributed by atoms with Crippen LogP contribution in [0.25, 0.3) is 5.69 Å². The van der Waals surface area contributed by atoms with E-state index >= 15 is 0 Å². The molecular weight excluding hydrogens is 317 g/mol. The number of aromatic carboxylic acids is 1. The first kappa shape index (κ1) is 16.5. The van der Waals surface area contributed by atoms with Crippen molar-refractivity contribution in [2.75, 3.05) is 6.61 Å². The summed E-state index contributed by atoms with van der Waals surface area (Å²) in [5.74, 6) is -2.60. The lowest BCUT2D eigenvalue weighted by Gasteiger charge is -2.13. The van der Waals surface area contributed by atoms with Crippen LogP contribution in [0.2, 0.25) is 0 Å². The van der Waals surface area contributed by atoms with E-state index in [1.807, 2.05) is 0 Å². The summed E-state index contributed by atoms with van der Waals surface area (Å²) in [7, 11) is 0. The lowest BCUT2D eigenvalue weighted by atomic mass is 10.1. The molecule has 0 bridgehead atoms. The van der Waals surface area contributed by atoms with Crippen molar-refractivity contribution in [2.45, 2.75) is 13.1 Å². The van der Waals surface area contributed by atoms with E-state index in [1.54, 1.807) is 0 Å². The zero-order valence-electron chi connectivity index (χ0n) is 11.8. The van der Waals surface area contributed by atoms with Crippen LogP contribution in [0.5, 0.6) is 0 Å². The molecule has 122 valence electrons. The van der Waals surface area contributed by atoms with Crippen molar-refractivity contribution < 1.29 is 32.6 Å². The van der Waals surface area contributed by atoms with E-state index in [4.69, 9.17) is 5.11 Å². The van der Waals surface area contributed by atoms with Crippen LogP contribution in [-0.2, 0) is 10.9 Å². The molecule has 1 N–H and O–H groups in total. The molecule has 0 fully saturated rings. The van der Waals surface area contributed by atoms with E-state index in [0.717, 1.165) is 6.07 Å². The van der Waals surface area contributed by atoms with Crippen LogP contribution in [0.15, 0.2) is 30.5 Å². The van der Waals surface area contributed by atoms with Crippen molar-refractivity contribution in [3.8, 4) is 5.69 Å². The fourth-order valence-electron chi connectivity index (χ4n) is 2.00. The van der Waals surface area contributed by atoms with Gasteiger partial charge in [-0.3, -0.25) is 0 Å². The average molecular weight is 328 g/mol. The summed E-state index contributed by atoms with van der Waals surface area (Å²) >= 11 is 0. The standard InChI is InChI=1S/C14H11F3N2O4/c1-2-23-13(22)9-7-18-19(11(9)14(15,16)17)10-6-4-3-5-8(10)12(20)21/h3-7H,2H2,1H3,(H,20,21). The highest BCUT2D eigenvalue weighted by atomic mass is 19.4. The third kappa shape index (κ3) is 3.17. The summed E-state index contributed by atoms with van der Waals surface area (Å²) in [5.41, 5.74) is -2.84. The van der Waals surface area contributed by atoms with Crippen LogP contribution in [0.1, 0.15) is 33.3 Å². The number of esters is 1. The van der Waals surface area contributed by atoms with E-state index in [0.29, 0.717) is 10.9 Å². The number of halogens is 3. The Hall–Kier alpha value is -2.84. The summed E-state index contributed by atoms with van der Waals surface area (Å²) in [4.78, 5) is 22.9. The van der Waals surface area contributed by atoms with Crippen LogP contribution in [0.3, 0.4) is 0 Å². The maximum Gasteiger partial charge on any atom is 0.434 e. The van der Waals surface area contributed by atoms with Crippen molar-refractivity contribution in [3.05, 3.63) is 47.3 Å². The first-order valence-corrected chi connectivity index (χ1v) is 6.42. The van der Waals surface area contributed by atoms with Gasteiger partial charge >= 0.3 is 18.1 Å². The quantitative estimate of drug-likeness (QED) is 0.873. The number of aromatic nitrogens is 2. The van der Waals surface area contributed by atoms with Crippen LogP contribution in [-0.4, -0.2) is 33.4 Å². The molecule has 0 saturated carbocycles. The first-order valence-electron chi connectivity index (χ1n) is 6.42. The van der Waals surface area contributed by atoms with Gasteiger partial charge in [0.2, 0.25) is 0 Å². The Morgan fingerprint density at radius 3 is 2.48 bits per heavy atom. The molecule has 9 heteroatoms. The van der Waals surface area contributed by atoms with E-state index in [1.165, 1.54) is 25.1 Å². The molecule has 0 amide bonds. The van der Waals surface area contributed by atoms with Gasteiger partial charge in [-0.05, 0) is 19.1 Å². The van der Waals surface area contributed by atoms with Gasteiger partial charge in [-0.15, -0.1) is 0 Å². The number of carboxylic acids is 1. The second kappa shape index (κ2) is 6.11. The topological polar surface area (TPSA) is 81.4 Å². The number of carboxylic acid groups (broad SMARTS) is 1. The zero-order valence-corrected chi connectivity index (χ0v) is 11.8. The number of benzene rings is 1. The van der Waals surface area contributed by atoms with Gasteiger partial charge in [-0.2, -0.15) is 18.3 Å². The van der Waals surface area contributed by atoms with Crippen molar-refractivity contribution in [2.24, 2.45) is 0 Å². The number of para-hydroxylation sites is 1. The van der Waals surface area contributed by atoms with E-state index < -0.39 is 29.4 Å². The van der Waals surface area contributed by atoms with Crippen LogP contribution in [0, 0.1) is 0 Å². The Labute approximate surface area is 128 Å². The molecule has 6 nitrogen and oxygen atoms in total. The molecular formula is C14H11F3N2O4. The predicted octanol–water partition coefficient (Wildman–Crippen LogP) is 2.77. The third-order valence-corrected chi connectivity index (χ3v) is 2.90. The minimum absolute atomic E-state index is 0.104. The molecule has 2 rings (SSSR count). The first-order chi connectivity index (χ1) is 10.8. The van der Waals surface area contributed by atoms with Crippen molar-refractivity contribution in [1.29, 1.82) is 0 Å². The molecule has 0 unspecified atom stereocenters. The Morgan fingerprint density at radius 1 is 1.26 bits per heavy atom. The van der Waals surface area contributed by atoms with Gasteiger partial charge in [0.15, 0.2) is 5.69 Å². The highest BCUT2D eigenvalue weighted by Gasteiger charge is 2.41. The van der Waals surface area contributed by atoms with Gasteiger partial charge in [0.1, 0.15) is 5.56 Å². The van der Waals surface area contributed by atoms with Crippen LogP contribution in [0.4, 0.5) is 13.2 Å². The van der Waals surface area contributed by atoms with Crippen LogP contribution < -0.4 is 0 Å². The van der Waals surface area contributed by atoms with E-state index in [2.05, 4.69) is 9.84 Å². The number of hydrogen-bond donors (Lipinski definition) is 1. The monoisotopic (exact) mass is 328 g/mol. The fraction of sp³-hybridized carbons (Fsp3) is 0.214. The maximum absolute atomic E-state index is 13.3. The minimum Gasteiger partial charge on any atom is -0.478 e. The second-order valence-electron chi connectivity index (χ2n) is 4.36. The average Bonchev–Trinajstić information content (AvgIpc) is 2.92. The summed E-state index contributed by atoms with van der Waals surface area (Å²) < 4.78 is 45.0. The third-order valence-electron chi connectivity index (χ3n) is 2.90. The number of carbonyl (C=O) groups is 2. The van der Waals surface area contributed by atoms with Crippen molar-refractivity contribution >= 4 is 11.9 Å². The smallest absolute Gasteiger partial charge is 0.434 e. The zero-order chi connectivity index (χ0) is 17.2. The van der Waals surface area contributed by atoms with Gasteiger partial charge in [-0.1, -0.05) is 12.1 Å². The Balaban J connectivity index is 2.70. The Bertz CT molecular complexity index is 753. The number of carbonyl (C=O) groups excluding carboxylic acids is 1. The fourth-order valence-corrected chi connectivity index (χ4v) is 2.00. The summed E-state index contributed by atoms with van der Waals surface area (Å²) in [5, 5.41) is 12.6. The molecule has 23 heavy (non-hydrogen) atoms. The molecule has 0 atom stereocenters. The van der Waals surface area contributed by atoms with Gasteiger partial charge in [0, 0.05) is 0 Å². The van der Waals surface area contributed by atoms with Crippen molar-refractivity contribution in [1.82, 2.24) is 9.78 Å². The van der Waals surface area contributed by atoms with E-state index in [9.17, 15) is 22.8 Å². The number of nitrogens with zero attached hydrogens (tertiary/aromatic N) is 2. The number of ether oxygens (including phenoxy) is 1. The Kier molecular flexibility index (Phi) is 4.39. The second-order valence-corrected chi connectivity index (χ2v) is 4.36. The normalized spacial score (nSPS) is 11.3. The summed E-state index contributed by atoms with van der Waals surface area (Å²) in [6, 6.07) is 5.05.